The summed E-state index contributed by atoms with van der Waals surface area (Å²) >= 11 is 0. The molecule has 0 aliphatic heterocycles. The molecule has 3 amide bonds. The average Bonchev–Trinajstić information content (AvgIpc) is 2.65. The first kappa shape index (κ1) is 22.9. The minimum absolute atomic E-state index is 0.00768. The van der Waals surface area contributed by atoms with Crippen molar-refractivity contribution in [3.8, 4) is 5.75 Å². The number of ether oxygens (including phenoxy) is 1. The molecule has 0 aromatic heterocycles. The van der Waals surface area contributed by atoms with Crippen molar-refractivity contribution in [3.05, 3.63) is 47.5 Å². The van der Waals surface area contributed by atoms with Crippen molar-refractivity contribution < 1.29 is 19.1 Å². The van der Waals surface area contributed by atoms with Crippen LogP contribution in [0.3, 0.4) is 0 Å². The molecule has 2 rings (SSSR count). The zero-order valence-corrected chi connectivity index (χ0v) is 18.0. The SMILES string of the molecule is COc1ccc(NC(C)=O)cc1NC(=O)CN(C)CC(=O)Nc1cccc(C)c1C. The first-order valence-corrected chi connectivity index (χ1v) is 9.49. The van der Waals surface area contributed by atoms with E-state index < -0.39 is 0 Å². The Hall–Kier alpha value is -3.39. The van der Waals surface area contributed by atoms with Gasteiger partial charge in [0.15, 0.2) is 0 Å². The number of nitrogens with zero attached hydrogens (tertiary/aromatic N) is 1. The molecule has 0 saturated heterocycles. The van der Waals surface area contributed by atoms with Gasteiger partial charge in [-0.15, -0.1) is 0 Å². The van der Waals surface area contributed by atoms with Crippen LogP contribution in [0.1, 0.15) is 18.1 Å². The van der Waals surface area contributed by atoms with Crippen LogP contribution < -0.4 is 20.7 Å². The number of nitrogens with one attached hydrogen (secondary N) is 3. The number of amides is 3. The fourth-order valence-corrected chi connectivity index (χ4v) is 2.90. The number of aryl methyl sites for hydroxylation is 1. The molecule has 8 heteroatoms. The molecular formula is C22H28N4O4. The number of hydrogen-bond donors (Lipinski definition) is 3. The van der Waals surface area contributed by atoms with Gasteiger partial charge in [0.2, 0.25) is 17.7 Å². The fourth-order valence-electron chi connectivity index (χ4n) is 2.90. The molecule has 0 atom stereocenters. The third-order valence-electron chi connectivity index (χ3n) is 4.50. The molecule has 0 radical (unpaired) electrons. The van der Waals surface area contributed by atoms with Gasteiger partial charge in [0.05, 0.1) is 25.9 Å². The minimum atomic E-state index is -0.310. The van der Waals surface area contributed by atoms with E-state index in [0.29, 0.717) is 17.1 Å². The Morgan fingerprint density at radius 3 is 2.17 bits per heavy atom. The minimum Gasteiger partial charge on any atom is -0.495 e. The second kappa shape index (κ2) is 10.4. The van der Waals surface area contributed by atoms with Gasteiger partial charge >= 0.3 is 0 Å². The van der Waals surface area contributed by atoms with Crippen molar-refractivity contribution >= 4 is 34.8 Å². The summed E-state index contributed by atoms with van der Waals surface area (Å²) in [6, 6.07) is 10.7. The summed E-state index contributed by atoms with van der Waals surface area (Å²) < 4.78 is 5.26. The van der Waals surface area contributed by atoms with E-state index in [9.17, 15) is 14.4 Å². The summed E-state index contributed by atoms with van der Waals surface area (Å²) in [6.45, 7) is 5.40. The second-order valence-corrected chi connectivity index (χ2v) is 7.11. The number of likely N-dealkylation sites (N-methyl/N-ethyl adjacent to an activating group) is 1. The van der Waals surface area contributed by atoms with E-state index in [1.54, 1.807) is 30.1 Å². The van der Waals surface area contributed by atoms with Crippen LogP contribution in [0.15, 0.2) is 36.4 Å². The Labute approximate surface area is 176 Å². The van der Waals surface area contributed by atoms with Crippen molar-refractivity contribution in [1.29, 1.82) is 0 Å². The predicted octanol–water partition coefficient (Wildman–Crippen LogP) is 2.78. The molecular weight excluding hydrogens is 384 g/mol. The van der Waals surface area contributed by atoms with E-state index in [0.717, 1.165) is 16.8 Å². The van der Waals surface area contributed by atoms with Crippen molar-refractivity contribution in [3.63, 3.8) is 0 Å². The Morgan fingerprint density at radius 1 is 0.933 bits per heavy atom. The largest absolute Gasteiger partial charge is 0.495 e. The molecule has 8 nitrogen and oxygen atoms in total. The van der Waals surface area contributed by atoms with Crippen molar-refractivity contribution in [2.24, 2.45) is 0 Å². The van der Waals surface area contributed by atoms with Crippen molar-refractivity contribution in [1.82, 2.24) is 4.90 Å². The quantitative estimate of drug-likeness (QED) is 0.619. The van der Waals surface area contributed by atoms with Gasteiger partial charge in [-0.25, -0.2) is 0 Å². The monoisotopic (exact) mass is 412 g/mol. The molecule has 0 heterocycles. The summed E-state index contributed by atoms with van der Waals surface area (Å²) in [7, 11) is 3.18. The van der Waals surface area contributed by atoms with Gasteiger partial charge in [0.1, 0.15) is 5.75 Å². The number of carbonyl (C=O) groups is 3. The molecule has 0 spiro atoms. The molecule has 0 saturated carbocycles. The Kier molecular flexibility index (Phi) is 7.94. The van der Waals surface area contributed by atoms with Crippen molar-refractivity contribution in [2.45, 2.75) is 20.8 Å². The predicted molar refractivity (Wildman–Crippen MR) is 118 cm³/mol. The van der Waals surface area contributed by atoms with Crippen LogP contribution in [0, 0.1) is 13.8 Å². The highest BCUT2D eigenvalue weighted by Gasteiger charge is 2.14. The lowest BCUT2D eigenvalue weighted by Crippen LogP contribution is -2.36. The Balaban J connectivity index is 1.95. The van der Waals surface area contributed by atoms with Gasteiger partial charge in [-0.1, -0.05) is 12.1 Å². The summed E-state index contributed by atoms with van der Waals surface area (Å²) in [5, 5.41) is 8.29. The van der Waals surface area contributed by atoms with E-state index in [1.807, 2.05) is 32.0 Å². The molecule has 2 aromatic rings. The lowest BCUT2D eigenvalue weighted by Gasteiger charge is -2.18. The Morgan fingerprint density at radius 2 is 1.57 bits per heavy atom. The lowest BCUT2D eigenvalue weighted by molar-refractivity contribution is -0.119. The maximum absolute atomic E-state index is 12.4. The van der Waals surface area contributed by atoms with Crippen LogP contribution in [0.25, 0.3) is 0 Å². The van der Waals surface area contributed by atoms with Crippen LogP contribution in [0.4, 0.5) is 17.1 Å². The first-order chi connectivity index (χ1) is 14.2. The van der Waals surface area contributed by atoms with Crippen LogP contribution in [-0.4, -0.2) is 49.9 Å². The normalized spacial score (nSPS) is 10.5. The van der Waals surface area contributed by atoms with E-state index in [4.69, 9.17) is 4.74 Å². The summed E-state index contributed by atoms with van der Waals surface area (Å²) in [6.07, 6.45) is 0. The summed E-state index contributed by atoms with van der Waals surface area (Å²) in [5.74, 6) is -0.264. The van der Waals surface area contributed by atoms with Gasteiger partial charge in [-0.2, -0.15) is 0 Å². The molecule has 0 aliphatic rings. The van der Waals surface area contributed by atoms with Gasteiger partial charge in [-0.05, 0) is 56.3 Å². The molecule has 3 N–H and O–H groups in total. The molecule has 160 valence electrons. The smallest absolute Gasteiger partial charge is 0.238 e. The molecule has 0 bridgehead atoms. The van der Waals surface area contributed by atoms with Gasteiger partial charge in [-0.3, -0.25) is 19.3 Å². The third-order valence-corrected chi connectivity index (χ3v) is 4.50. The maximum atomic E-state index is 12.4. The molecule has 2 aromatic carbocycles. The highest BCUT2D eigenvalue weighted by atomic mass is 16.5. The number of anilines is 3. The molecule has 30 heavy (non-hydrogen) atoms. The van der Waals surface area contributed by atoms with Crippen LogP contribution in [-0.2, 0) is 14.4 Å². The average molecular weight is 412 g/mol. The lowest BCUT2D eigenvalue weighted by atomic mass is 10.1. The zero-order chi connectivity index (χ0) is 22.3. The third kappa shape index (κ3) is 6.59. The highest BCUT2D eigenvalue weighted by molar-refractivity contribution is 5.97. The van der Waals surface area contributed by atoms with Gasteiger partial charge in [0.25, 0.3) is 0 Å². The topological polar surface area (TPSA) is 99.8 Å². The molecule has 0 unspecified atom stereocenters. The summed E-state index contributed by atoms with van der Waals surface area (Å²) in [4.78, 5) is 37.6. The number of methoxy groups -OCH3 is 1. The van der Waals surface area contributed by atoms with Gasteiger partial charge < -0.3 is 20.7 Å². The fraction of sp³-hybridized carbons (Fsp3) is 0.318. The van der Waals surface area contributed by atoms with Crippen LogP contribution in [0.2, 0.25) is 0 Å². The number of carbonyl (C=O) groups excluding carboxylic acids is 3. The second-order valence-electron chi connectivity index (χ2n) is 7.11. The zero-order valence-electron chi connectivity index (χ0n) is 18.0. The van der Waals surface area contributed by atoms with E-state index >= 15 is 0 Å². The standard InChI is InChI=1S/C22H28N4O4/c1-14-7-6-8-18(15(14)2)24-21(28)12-26(4)13-22(29)25-19-11-17(23-16(3)27)9-10-20(19)30-5/h6-11H,12-13H2,1-5H3,(H,23,27)(H,24,28)(H,25,29). The Bertz CT molecular complexity index is 943. The van der Waals surface area contributed by atoms with Crippen molar-refractivity contribution in [2.75, 3.05) is 43.2 Å². The molecule has 0 aliphatic carbocycles. The summed E-state index contributed by atoms with van der Waals surface area (Å²) in [5.41, 5.74) is 3.84. The first-order valence-electron chi connectivity index (χ1n) is 9.49. The van der Waals surface area contributed by atoms with Crippen LogP contribution in [0.5, 0.6) is 5.75 Å². The molecule has 0 fully saturated rings. The van der Waals surface area contributed by atoms with Gasteiger partial charge in [0, 0.05) is 18.3 Å². The number of rotatable bonds is 8. The highest BCUT2D eigenvalue weighted by Crippen LogP contribution is 2.27. The number of hydrogen-bond acceptors (Lipinski definition) is 5. The number of benzene rings is 2. The van der Waals surface area contributed by atoms with E-state index in [-0.39, 0.29) is 30.8 Å². The van der Waals surface area contributed by atoms with E-state index in [2.05, 4.69) is 16.0 Å². The van der Waals surface area contributed by atoms with Crippen LogP contribution >= 0.6 is 0 Å². The maximum Gasteiger partial charge on any atom is 0.238 e. The van der Waals surface area contributed by atoms with E-state index in [1.165, 1.54) is 14.0 Å².